The Hall–Kier alpha value is -1.42. The third-order valence-corrected chi connectivity index (χ3v) is 1.77. The molecule has 4 nitrogen and oxygen atoms in total. The van der Waals surface area contributed by atoms with Gasteiger partial charge in [-0.15, -0.1) is 0 Å². The summed E-state index contributed by atoms with van der Waals surface area (Å²) < 4.78 is 5.37. The first-order chi connectivity index (χ1) is 7.09. The Bertz CT molecular complexity index is 319. The Kier molecular flexibility index (Phi) is 4.24. The van der Waals surface area contributed by atoms with E-state index in [0.717, 1.165) is 5.69 Å². The molecule has 0 aliphatic rings. The second kappa shape index (κ2) is 5.46. The average molecular weight is 209 g/mol. The summed E-state index contributed by atoms with van der Waals surface area (Å²) in [4.78, 5) is 14.5. The topological polar surface area (TPSA) is 59.4 Å². The van der Waals surface area contributed by atoms with Crippen molar-refractivity contribution in [3.8, 4) is 0 Å². The number of carbonyl (C=O) groups is 1. The molecular formula is C11H15NO3. The fourth-order valence-electron chi connectivity index (χ4n) is 1.04. The summed E-state index contributed by atoms with van der Waals surface area (Å²) in [5, 5.41) is 8.65. The van der Waals surface area contributed by atoms with Crippen LogP contribution in [0.1, 0.15) is 29.9 Å². The number of hydrogen-bond acceptors (Lipinski definition) is 3. The number of carboxylic acid groups (broad SMARTS) is 1. The van der Waals surface area contributed by atoms with E-state index in [4.69, 9.17) is 9.84 Å². The monoisotopic (exact) mass is 209 g/mol. The highest BCUT2D eigenvalue weighted by atomic mass is 16.5. The van der Waals surface area contributed by atoms with Crippen LogP contribution in [-0.4, -0.2) is 22.7 Å². The fourth-order valence-corrected chi connectivity index (χ4v) is 1.04. The predicted octanol–water partition coefficient (Wildman–Crippen LogP) is 1.95. The van der Waals surface area contributed by atoms with Crippen LogP contribution >= 0.6 is 0 Å². The summed E-state index contributed by atoms with van der Waals surface area (Å²) in [6.45, 7) is 5.25. The molecule has 0 bridgehead atoms. The molecule has 0 spiro atoms. The zero-order chi connectivity index (χ0) is 11.3. The molecule has 0 aliphatic heterocycles. The number of pyridine rings is 1. The molecule has 1 aromatic heterocycles. The SMILES string of the molecule is CC(C)COCc1ccc(C(=O)O)cn1. The van der Waals surface area contributed by atoms with E-state index in [-0.39, 0.29) is 5.56 Å². The standard InChI is InChI=1S/C11H15NO3/c1-8(2)6-15-7-10-4-3-9(5-12-10)11(13)14/h3-5,8H,6-7H2,1-2H3,(H,13,14). The molecule has 0 unspecified atom stereocenters. The van der Waals surface area contributed by atoms with Crippen molar-refractivity contribution >= 4 is 5.97 Å². The lowest BCUT2D eigenvalue weighted by Gasteiger charge is -2.06. The smallest absolute Gasteiger partial charge is 0.337 e. The Morgan fingerprint density at radius 2 is 2.27 bits per heavy atom. The van der Waals surface area contributed by atoms with Gasteiger partial charge in [0.25, 0.3) is 0 Å². The predicted molar refractivity (Wildman–Crippen MR) is 55.7 cm³/mol. The second-order valence-electron chi connectivity index (χ2n) is 3.75. The zero-order valence-corrected chi connectivity index (χ0v) is 8.93. The minimum absolute atomic E-state index is 0.197. The molecule has 15 heavy (non-hydrogen) atoms. The number of hydrogen-bond donors (Lipinski definition) is 1. The van der Waals surface area contributed by atoms with Crippen LogP contribution in [0, 0.1) is 5.92 Å². The van der Waals surface area contributed by atoms with Gasteiger partial charge in [0.2, 0.25) is 0 Å². The Balaban J connectivity index is 2.46. The quantitative estimate of drug-likeness (QED) is 0.805. The van der Waals surface area contributed by atoms with Crippen molar-refractivity contribution < 1.29 is 14.6 Å². The highest BCUT2D eigenvalue weighted by molar-refractivity contribution is 5.87. The van der Waals surface area contributed by atoms with Gasteiger partial charge in [-0.05, 0) is 18.1 Å². The molecule has 1 heterocycles. The molecule has 0 amide bonds. The van der Waals surface area contributed by atoms with Crippen LogP contribution in [-0.2, 0) is 11.3 Å². The van der Waals surface area contributed by atoms with Gasteiger partial charge in [0, 0.05) is 12.8 Å². The van der Waals surface area contributed by atoms with Gasteiger partial charge in [0.1, 0.15) is 0 Å². The second-order valence-corrected chi connectivity index (χ2v) is 3.75. The molecule has 82 valence electrons. The lowest BCUT2D eigenvalue weighted by Crippen LogP contribution is -2.04. The van der Waals surface area contributed by atoms with Crippen molar-refractivity contribution in [2.75, 3.05) is 6.61 Å². The Morgan fingerprint density at radius 1 is 1.53 bits per heavy atom. The van der Waals surface area contributed by atoms with Crippen molar-refractivity contribution in [1.29, 1.82) is 0 Å². The number of ether oxygens (including phenoxy) is 1. The maximum absolute atomic E-state index is 10.5. The molecule has 0 fully saturated rings. The first kappa shape index (κ1) is 11.7. The van der Waals surface area contributed by atoms with Crippen LogP contribution in [0.5, 0.6) is 0 Å². The van der Waals surface area contributed by atoms with Crippen molar-refractivity contribution in [2.24, 2.45) is 5.92 Å². The molecule has 1 aromatic rings. The van der Waals surface area contributed by atoms with Crippen LogP contribution in [0.2, 0.25) is 0 Å². The molecule has 0 aromatic carbocycles. The molecule has 0 radical (unpaired) electrons. The van der Waals surface area contributed by atoms with Gasteiger partial charge >= 0.3 is 5.97 Å². The number of aromatic carboxylic acids is 1. The van der Waals surface area contributed by atoms with Crippen LogP contribution in [0.3, 0.4) is 0 Å². The van der Waals surface area contributed by atoms with E-state index in [1.807, 2.05) is 0 Å². The normalized spacial score (nSPS) is 10.6. The molecule has 1 N–H and O–H groups in total. The van der Waals surface area contributed by atoms with Gasteiger partial charge in [0.05, 0.1) is 17.9 Å². The summed E-state index contributed by atoms with van der Waals surface area (Å²) in [7, 11) is 0. The molecule has 0 saturated heterocycles. The molecule has 1 rings (SSSR count). The van der Waals surface area contributed by atoms with E-state index in [1.165, 1.54) is 12.3 Å². The molecule has 0 aliphatic carbocycles. The van der Waals surface area contributed by atoms with Gasteiger partial charge < -0.3 is 9.84 Å². The van der Waals surface area contributed by atoms with E-state index in [1.54, 1.807) is 6.07 Å². The summed E-state index contributed by atoms with van der Waals surface area (Å²) >= 11 is 0. The minimum Gasteiger partial charge on any atom is -0.478 e. The summed E-state index contributed by atoms with van der Waals surface area (Å²) in [6.07, 6.45) is 1.34. The van der Waals surface area contributed by atoms with Crippen molar-refractivity contribution in [1.82, 2.24) is 4.98 Å². The fraction of sp³-hybridized carbons (Fsp3) is 0.455. The van der Waals surface area contributed by atoms with Gasteiger partial charge in [-0.1, -0.05) is 13.8 Å². The van der Waals surface area contributed by atoms with Crippen molar-refractivity contribution in [2.45, 2.75) is 20.5 Å². The third kappa shape index (κ3) is 4.08. The van der Waals surface area contributed by atoms with E-state index in [9.17, 15) is 4.79 Å². The van der Waals surface area contributed by atoms with Crippen LogP contribution in [0.15, 0.2) is 18.3 Å². The van der Waals surface area contributed by atoms with Crippen molar-refractivity contribution in [3.05, 3.63) is 29.6 Å². The van der Waals surface area contributed by atoms with E-state index >= 15 is 0 Å². The number of aromatic nitrogens is 1. The largest absolute Gasteiger partial charge is 0.478 e. The lowest BCUT2D eigenvalue weighted by atomic mass is 10.2. The highest BCUT2D eigenvalue weighted by Gasteiger charge is 2.03. The van der Waals surface area contributed by atoms with Crippen LogP contribution < -0.4 is 0 Å². The van der Waals surface area contributed by atoms with Crippen molar-refractivity contribution in [3.63, 3.8) is 0 Å². The first-order valence-corrected chi connectivity index (χ1v) is 4.85. The molecule has 0 saturated carbocycles. The first-order valence-electron chi connectivity index (χ1n) is 4.85. The highest BCUT2D eigenvalue weighted by Crippen LogP contribution is 2.03. The molecule has 0 atom stereocenters. The van der Waals surface area contributed by atoms with Crippen LogP contribution in [0.25, 0.3) is 0 Å². The Morgan fingerprint density at radius 3 is 2.73 bits per heavy atom. The van der Waals surface area contributed by atoms with Gasteiger partial charge in [-0.25, -0.2) is 4.79 Å². The van der Waals surface area contributed by atoms with Gasteiger partial charge in [-0.2, -0.15) is 0 Å². The number of carboxylic acids is 1. The zero-order valence-electron chi connectivity index (χ0n) is 8.93. The molecule has 4 heteroatoms. The Labute approximate surface area is 88.9 Å². The average Bonchev–Trinajstić information content (AvgIpc) is 2.18. The summed E-state index contributed by atoms with van der Waals surface area (Å²) in [6, 6.07) is 3.20. The van der Waals surface area contributed by atoms with Crippen LogP contribution in [0.4, 0.5) is 0 Å². The summed E-state index contributed by atoms with van der Waals surface area (Å²) in [5.41, 5.74) is 0.947. The minimum atomic E-state index is -0.961. The van der Waals surface area contributed by atoms with Gasteiger partial charge in [0.15, 0.2) is 0 Å². The number of rotatable bonds is 5. The summed E-state index contributed by atoms with van der Waals surface area (Å²) in [5.74, 6) is -0.472. The van der Waals surface area contributed by atoms with E-state index in [2.05, 4.69) is 18.8 Å². The maximum Gasteiger partial charge on any atom is 0.337 e. The van der Waals surface area contributed by atoms with E-state index < -0.39 is 5.97 Å². The lowest BCUT2D eigenvalue weighted by molar-refractivity contribution is 0.0695. The number of nitrogens with zero attached hydrogens (tertiary/aromatic N) is 1. The third-order valence-electron chi connectivity index (χ3n) is 1.77. The molecular weight excluding hydrogens is 194 g/mol. The van der Waals surface area contributed by atoms with Gasteiger partial charge in [-0.3, -0.25) is 4.98 Å². The van der Waals surface area contributed by atoms with E-state index in [0.29, 0.717) is 19.1 Å². The maximum atomic E-state index is 10.5.